The molecule has 2 heterocycles. The van der Waals surface area contributed by atoms with Crippen molar-refractivity contribution in [1.29, 1.82) is 0 Å². The van der Waals surface area contributed by atoms with E-state index in [9.17, 15) is 9.18 Å². The van der Waals surface area contributed by atoms with Gasteiger partial charge in [0.05, 0.1) is 5.69 Å². The minimum atomic E-state index is -0.450. The third kappa shape index (κ3) is 2.55. The summed E-state index contributed by atoms with van der Waals surface area (Å²) in [5.41, 5.74) is -0.180. The van der Waals surface area contributed by atoms with Crippen molar-refractivity contribution in [1.82, 2.24) is 20.1 Å². The largest absolute Gasteiger partial charge is 0.348 e. The van der Waals surface area contributed by atoms with Crippen LogP contribution >= 0.6 is 15.9 Å². The van der Waals surface area contributed by atoms with Gasteiger partial charge >= 0.3 is 5.69 Å². The predicted octanol–water partition coefficient (Wildman–Crippen LogP) is 1.61. The van der Waals surface area contributed by atoms with E-state index in [4.69, 9.17) is 0 Å². The number of hydrogen-bond acceptors (Lipinski definition) is 3. The number of nitrogens with one attached hydrogen (secondary N) is 2. The second-order valence-electron chi connectivity index (χ2n) is 4.94. The fraction of sp³-hybridized carbons (Fsp3) is 0.385. The topological polar surface area (TPSA) is 62.7 Å². The Morgan fingerprint density at radius 3 is 3.05 bits per heavy atom. The van der Waals surface area contributed by atoms with Crippen LogP contribution in [-0.2, 0) is 6.42 Å². The lowest BCUT2D eigenvalue weighted by Crippen LogP contribution is -2.20. The summed E-state index contributed by atoms with van der Waals surface area (Å²) in [6.45, 7) is 1.88. The van der Waals surface area contributed by atoms with Gasteiger partial charge < -0.3 is 5.32 Å². The molecule has 0 radical (unpaired) electrons. The number of benzene rings is 1. The first-order valence-electron chi connectivity index (χ1n) is 6.47. The summed E-state index contributed by atoms with van der Waals surface area (Å²) in [4.78, 5) is 11.9. The molecule has 1 atom stereocenters. The number of halogens is 2. The third-order valence-corrected chi connectivity index (χ3v) is 4.02. The van der Waals surface area contributed by atoms with Gasteiger partial charge in [-0.15, -0.1) is 0 Å². The molecule has 0 amide bonds. The van der Waals surface area contributed by atoms with E-state index in [1.807, 2.05) is 0 Å². The third-order valence-electron chi connectivity index (χ3n) is 3.53. The van der Waals surface area contributed by atoms with Crippen LogP contribution in [-0.4, -0.2) is 27.9 Å². The van der Waals surface area contributed by atoms with E-state index in [1.54, 1.807) is 12.1 Å². The molecule has 3 rings (SSSR count). The monoisotopic (exact) mass is 340 g/mol. The molecule has 0 saturated carbocycles. The summed E-state index contributed by atoms with van der Waals surface area (Å²) >= 11 is 3.21. The van der Waals surface area contributed by atoms with Crippen LogP contribution in [0.5, 0.6) is 0 Å². The summed E-state index contributed by atoms with van der Waals surface area (Å²) < 4.78 is 16.0. The highest BCUT2D eigenvalue weighted by atomic mass is 79.9. The second-order valence-corrected chi connectivity index (χ2v) is 5.85. The molecule has 2 N–H and O–H groups in total. The van der Waals surface area contributed by atoms with E-state index in [0.717, 1.165) is 19.5 Å². The van der Waals surface area contributed by atoms with Crippen LogP contribution in [0.4, 0.5) is 4.39 Å². The van der Waals surface area contributed by atoms with Crippen molar-refractivity contribution >= 4 is 15.9 Å². The van der Waals surface area contributed by atoms with E-state index >= 15 is 0 Å². The highest BCUT2D eigenvalue weighted by Crippen LogP contribution is 2.20. The lowest BCUT2D eigenvalue weighted by Gasteiger charge is -2.10. The van der Waals surface area contributed by atoms with Crippen molar-refractivity contribution in [2.75, 3.05) is 13.1 Å². The SMILES string of the molecule is O=c1[nH]nc(C[C@@H]2CCNC2)n1-c1ccc(Br)cc1F. The fourth-order valence-electron chi connectivity index (χ4n) is 2.52. The van der Waals surface area contributed by atoms with E-state index in [-0.39, 0.29) is 5.69 Å². The standard InChI is InChI=1S/C13H14BrFN4O/c14-9-1-2-11(10(15)6-9)19-12(17-18-13(19)20)5-8-3-4-16-7-8/h1-2,6,8,16H,3-5,7H2,(H,18,20)/t8-/m0/s1. The highest BCUT2D eigenvalue weighted by molar-refractivity contribution is 9.10. The lowest BCUT2D eigenvalue weighted by molar-refractivity contribution is 0.549. The number of H-pyrrole nitrogens is 1. The van der Waals surface area contributed by atoms with Gasteiger partial charge in [-0.05, 0) is 43.6 Å². The number of rotatable bonds is 3. The molecular weight excluding hydrogens is 327 g/mol. The van der Waals surface area contributed by atoms with Gasteiger partial charge in [0, 0.05) is 10.9 Å². The highest BCUT2D eigenvalue weighted by Gasteiger charge is 2.20. The van der Waals surface area contributed by atoms with Gasteiger partial charge in [-0.2, -0.15) is 5.10 Å². The molecule has 0 spiro atoms. The van der Waals surface area contributed by atoms with Gasteiger partial charge in [0.15, 0.2) is 0 Å². The summed E-state index contributed by atoms with van der Waals surface area (Å²) in [7, 11) is 0. The van der Waals surface area contributed by atoms with Crippen molar-refractivity contribution in [3.05, 3.63) is 44.8 Å². The zero-order valence-corrected chi connectivity index (χ0v) is 12.3. The molecule has 1 saturated heterocycles. The van der Waals surface area contributed by atoms with Crippen LogP contribution in [0.1, 0.15) is 12.2 Å². The van der Waals surface area contributed by atoms with Crippen LogP contribution in [0.25, 0.3) is 5.69 Å². The summed E-state index contributed by atoms with van der Waals surface area (Å²) in [5, 5.41) is 9.72. The molecule has 106 valence electrons. The van der Waals surface area contributed by atoms with Crippen LogP contribution in [0.2, 0.25) is 0 Å². The molecule has 1 fully saturated rings. The molecule has 2 aromatic rings. The molecule has 7 heteroatoms. The minimum absolute atomic E-state index is 0.230. The van der Waals surface area contributed by atoms with Gasteiger partial charge in [-0.25, -0.2) is 18.9 Å². The Morgan fingerprint density at radius 1 is 1.50 bits per heavy atom. The molecule has 5 nitrogen and oxygen atoms in total. The fourth-order valence-corrected chi connectivity index (χ4v) is 2.86. The van der Waals surface area contributed by atoms with Gasteiger partial charge in [0.25, 0.3) is 0 Å². The minimum Gasteiger partial charge on any atom is -0.316 e. The molecule has 0 unspecified atom stereocenters. The Kier molecular flexibility index (Phi) is 3.71. The smallest absolute Gasteiger partial charge is 0.316 e. The van der Waals surface area contributed by atoms with Crippen molar-refractivity contribution in [2.45, 2.75) is 12.8 Å². The van der Waals surface area contributed by atoms with Gasteiger partial charge in [0.2, 0.25) is 0 Å². The Labute approximate surface area is 123 Å². The molecule has 1 aliphatic rings. The molecule has 1 aromatic heterocycles. The number of aromatic nitrogens is 3. The lowest BCUT2D eigenvalue weighted by atomic mass is 10.0. The first-order valence-corrected chi connectivity index (χ1v) is 7.27. The first-order chi connectivity index (χ1) is 9.65. The maximum absolute atomic E-state index is 14.0. The summed E-state index contributed by atoms with van der Waals surface area (Å²) in [6, 6.07) is 4.63. The maximum Gasteiger partial charge on any atom is 0.348 e. The molecule has 1 aliphatic heterocycles. The van der Waals surface area contributed by atoms with Gasteiger partial charge in [0.1, 0.15) is 11.6 Å². The van der Waals surface area contributed by atoms with Crippen LogP contribution in [0.15, 0.2) is 27.5 Å². The Hall–Kier alpha value is -1.47. The van der Waals surface area contributed by atoms with Crippen LogP contribution < -0.4 is 11.0 Å². The molecule has 0 aliphatic carbocycles. The average molecular weight is 341 g/mol. The van der Waals surface area contributed by atoms with Crippen molar-refractivity contribution < 1.29 is 4.39 Å². The number of hydrogen-bond donors (Lipinski definition) is 2. The normalized spacial score (nSPS) is 18.6. The van der Waals surface area contributed by atoms with Gasteiger partial charge in [-0.3, -0.25) is 0 Å². The Morgan fingerprint density at radius 2 is 2.35 bits per heavy atom. The molecular formula is C13H14BrFN4O. The Bertz CT molecular complexity index is 675. The van der Waals surface area contributed by atoms with E-state index in [1.165, 1.54) is 10.6 Å². The molecule has 1 aromatic carbocycles. The van der Waals surface area contributed by atoms with Crippen LogP contribution in [0, 0.1) is 11.7 Å². The zero-order valence-electron chi connectivity index (χ0n) is 10.7. The van der Waals surface area contributed by atoms with Crippen molar-refractivity contribution in [3.8, 4) is 5.69 Å². The molecule has 20 heavy (non-hydrogen) atoms. The first kappa shape index (κ1) is 13.5. The van der Waals surface area contributed by atoms with E-state index in [2.05, 4.69) is 31.4 Å². The predicted molar refractivity (Wildman–Crippen MR) is 76.5 cm³/mol. The summed E-state index contributed by atoms with van der Waals surface area (Å²) in [6.07, 6.45) is 1.70. The Balaban J connectivity index is 1.99. The van der Waals surface area contributed by atoms with E-state index < -0.39 is 11.5 Å². The maximum atomic E-state index is 14.0. The summed E-state index contributed by atoms with van der Waals surface area (Å²) in [5.74, 6) is 0.557. The van der Waals surface area contributed by atoms with Gasteiger partial charge in [-0.1, -0.05) is 15.9 Å². The number of nitrogens with zero attached hydrogens (tertiary/aromatic N) is 2. The van der Waals surface area contributed by atoms with Crippen molar-refractivity contribution in [3.63, 3.8) is 0 Å². The van der Waals surface area contributed by atoms with E-state index in [0.29, 0.717) is 22.6 Å². The zero-order chi connectivity index (χ0) is 14.1. The van der Waals surface area contributed by atoms with Crippen LogP contribution in [0.3, 0.4) is 0 Å². The second kappa shape index (κ2) is 5.49. The number of aromatic amines is 1. The molecule has 0 bridgehead atoms. The average Bonchev–Trinajstić information content (AvgIpc) is 3.02. The quantitative estimate of drug-likeness (QED) is 0.892. The van der Waals surface area contributed by atoms with Crippen molar-refractivity contribution in [2.24, 2.45) is 5.92 Å².